The van der Waals surface area contributed by atoms with Crippen LogP contribution in [0.3, 0.4) is 0 Å². The summed E-state index contributed by atoms with van der Waals surface area (Å²) in [6.45, 7) is 0. The van der Waals surface area contributed by atoms with E-state index in [2.05, 4.69) is 5.32 Å². The molecular formula is C11H10N2O2. The van der Waals surface area contributed by atoms with Crippen molar-refractivity contribution in [1.29, 1.82) is 5.26 Å². The summed E-state index contributed by atoms with van der Waals surface area (Å²) in [4.78, 5) is 11.5. The molecule has 0 unspecified atom stereocenters. The first kappa shape index (κ1) is 9.53. The quantitative estimate of drug-likeness (QED) is 0.793. The average Bonchev–Trinajstić information content (AvgIpc) is 2.55. The number of nitrogens with zero attached hydrogens (tertiary/aromatic N) is 1. The van der Waals surface area contributed by atoms with Gasteiger partial charge in [-0.15, -0.1) is 0 Å². The summed E-state index contributed by atoms with van der Waals surface area (Å²) in [6, 6.07) is 7.40. The Balaban J connectivity index is 2.42. The zero-order valence-electron chi connectivity index (χ0n) is 8.28. The molecule has 1 aliphatic rings. The molecule has 4 heteroatoms. The number of anilines is 1. The van der Waals surface area contributed by atoms with Crippen LogP contribution in [0.2, 0.25) is 0 Å². The molecule has 0 radical (unpaired) electrons. The van der Waals surface area contributed by atoms with Crippen LogP contribution in [0.5, 0.6) is 5.75 Å². The minimum absolute atomic E-state index is 0.111. The van der Waals surface area contributed by atoms with Crippen molar-refractivity contribution in [1.82, 2.24) is 0 Å². The summed E-state index contributed by atoms with van der Waals surface area (Å²) in [7, 11) is 1.57. The van der Waals surface area contributed by atoms with Crippen LogP contribution in [-0.2, 0) is 4.79 Å². The van der Waals surface area contributed by atoms with Crippen LogP contribution in [0, 0.1) is 11.3 Å². The van der Waals surface area contributed by atoms with E-state index >= 15 is 0 Å². The predicted octanol–water partition coefficient (Wildman–Crippen LogP) is 1.64. The number of hydrogen-bond donors (Lipinski definition) is 1. The van der Waals surface area contributed by atoms with Gasteiger partial charge in [-0.1, -0.05) is 0 Å². The van der Waals surface area contributed by atoms with Crippen LogP contribution >= 0.6 is 0 Å². The van der Waals surface area contributed by atoms with Crippen LogP contribution in [0.1, 0.15) is 17.9 Å². The molecule has 0 saturated heterocycles. The summed E-state index contributed by atoms with van der Waals surface area (Å²) in [6.07, 6.45) is 0.200. The molecular weight excluding hydrogens is 192 g/mol. The molecule has 2 rings (SSSR count). The third-order valence-corrected chi connectivity index (χ3v) is 2.50. The maximum atomic E-state index is 11.5. The molecule has 0 fully saturated rings. The summed E-state index contributed by atoms with van der Waals surface area (Å²) in [5.74, 6) is 0.230. The molecule has 0 saturated carbocycles. The lowest BCUT2D eigenvalue weighted by atomic mass is 9.98. The van der Waals surface area contributed by atoms with Crippen molar-refractivity contribution in [2.75, 3.05) is 12.4 Å². The van der Waals surface area contributed by atoms with E-state index < -0.39 is 0 Å². The Morgan fingerprint density at radius 1 is 1.60 bits per heavy atom. The van der Waals surface area contributed by atoms with Crippen LogP contribution < -0.4 is 10.1 Å². The number of benzene rings is 1. The molecule has 1 aliphatic heterocycles. The normalized spacial score (nSPS) is 17.9. The number of ether oxygens (including phenoxy) is 1. The first-order valence-electron chi connectivity index (χ1n) is 4.62. The number of rotatable bonds is 2. The zero-order chi connectivity index (χ0) is 10.8. The van der Waals surface area contributed by atoms with E-state index in [-0.39, 0.29) is 18.2 Å². The highest BCUT2D eigenvalue weighted by molar-refractivity contribution is 6.03. The molecule has 1 heterocycles. The Hall–Kier alpha value is -2.02. The molecule has 0 bridgehead atoms. The first-order chi connectivity index (χ1) is 7.26. The second-order valence-corrected chi connectivity index (χ2v) is 3.36. The molecule has 4 nitrogen and oxygen atoms in total. The maximum Gasteiger partial charge on any atom is 0.233 e. The Morgan fingerprint density at radius 2 is 2.40 bits per heavy atom. The second kappa shape index (κ2) is 3.62. The molecule has 1 N–H and O–H groups in total. The van der Waals surface area contributed by atoms with E-state index in [1.54, 1.807) is 25.3 Å². The average molecular weight is 202 g/mol. The number of fused-ring (bicyclic) bond motifs is 1. The van der Waals surface area contributed by atoms with Gasteiger partial charge < -0.3 is 10.1 Å². The van der Waals surface area contributed by atoms with Crippen molar-refractivity contribution in [3.63, 3.8) is 0 Å². The van der Waals surface area contributed by atoms with Crippen molar-refractivity contribution in [2.24, 2.45) is 0 Å². The Morgan fingerprint density at radius 3 is 3.07 bits per heavy atom. The number of nitriles is 1. The smallest absolute Gasteiger partial charge is 0.233 e. The standard InChI is InChI=1S/C11H10N2O2/c1-15-7-2-3-10-9(6-7)8(4-5-12)11(14)13-10/h2-3,6,8H,4H2,1H3,(H,13,14)/t8-/m1/s1. The summed E-state index contributed by atoms with van der Waals surface area (Å²) < 4.78 is 5.08. The van der Waals surface area contributed by atoms with Gasteiger partial charge in [0.2, 0.25) is 5.91 Å². The first-order valence-corrected chi connectivity index (χ1v) is 4.62. The topological polar surface area (TPSA) is 62.1 Å². The Labute approximate surface area is 87.5 Å². The molecule has 0 spiro atoms. The molecule has 0 aromatic heterocycles. The van der Waals surface area contributed by atoms with Gasteiger partial charge in [0.1, 0.15) is 5.75 Å². The van der Waals surface area contributed by atoms with Gasteiger partial charge in [-0.05, 0) is 23.8 Å². The van der Waals surface area contributed by atoms with Gasteiger partial charge in [0.25, 0.3) is 0 Å². The van der Waals surface area contributed by atoms with Crippen molar-refractivity contribution in [2.45, 2.75) is 12.3 Å². The lowest BCUT2D eigenvalue weighted by molar-refractivity contribution is -0.116. The summed E-state index contributed by atoms with van der Waals surface area (Å²) in [5.41, 5.74) is 1.63. The van der Waals surface area contributed by atoms with Gasteiger partial charge in [-0.2, -0.15) is 5.26 Å². The van der Waals surface area contributed by atoms with Crippen LogP contribution in [0.25, 0.3) is 0 Å². The fourth-order valence-electron chi connectivity index (χ4n) is 1.72. The third-order valence-electron chi connectivity index (χ3n) is 2.50. The van der Waals surface area contributed by atoms with Gasteiger partial charge in [-0.3, -0.25) is 4.79 Å². The fraction of sp³-hybridized carbons (Fsp3) is 0.273. The molecule has 15 heavy (non-hydrogen) atoms. The van der Waals surface area contributed by atoms with Crippen molar-refractivity contribution < 1.29 is 9.53 Å². The van der Waals surface area contributed by atoms with Gasteiger partial charge in [0.05, 0.1) is 25.5 Å². The van der Waals surface area contributed by atoms with Gasteiger partial charge in [-0.25, -0.2) is 0 Å². The van der Waals surface area contributed by atoms with Crippen LogP contribution in [0.15, 0.2) is 18.2 Å². The van der Waals surface area contributed by atoms with Gasteiger partial charge >= 0.3 is 0 Å². The third kappa shape index (κ3) is 1.52. The number of methoxy groups -OCH3 is 1. The Bertz CT molecular complexity index is 448. The lowest BCUT2D eigenvalue weighted by Crippen LogP contribution is -2.11. The largest absolute Gasteiger partial charge is 0.497 e. The summed E-state index contributed by atoms with van der Waals surface area (Å²) >= 11 is 0. The zero-order valence-corrected chi connectivity index (χ0v) is 8.28. The predicted molar refractivity (Wildman–Crippen MR) is 54.6 cm³/mol. The monoisotopic (exact) mass is 202 g/mol. The number of hydrogen-bond acceptors (Lipinski definition) is 3. The van der Waals surface area contributed by atoms with Gasteiger partial charge in [0.15, 0.2) is 0 Å². The van der Waals surface area contributed by atoms with E-state index in [1.807, 2.05) is 6.07 Å². The van der Waals surface area contributed by atoms with Gasteiger partial charge in [0, 0.05) is 5.69 Å². The van der Waals surface area contributed by atoms with Crippen molar-refractivity contribution >= 4 is 11.6 Å². The summed E-state index contributed by atoms with van der Waals surface area (Å²) in [5, 5.41) is 11.4. The molecule has 1 aromatic rings. The molecule has 1 amide bonds. The lowest BCUT2D eigenvalue weighted by Gasteiger charge is -2.05. The number of amides is 1. The van der Waals surface area contributed by atoms with Crippen molar-refractivity contribution in [3.05, 3.63) is 23.8 Å². The highest BCUT2D eigenvalue weighted by atomic mass is 16.5. The molecule has 0 aliphatic carbocycles. The molecule has 1 aromatic carbocycles. The van der Waals surface area contributed by atoms with Crippen molar-refractivity contribution in [3.8, 4) is 11.8 Å². The molecule has 76 valence electrons. The SMILES string of the molecule is COc1ccc2c(c1)[C@@H](CC#N)C(=O)N2. The van der Waals surface area contributed by atoms with Crippen LogP contribution in [-0.4, -0.2) is 13.0 Å². The highest BCUT2D eigenvalue weighted by Crippen LogP contribution is 2.36. The number of nitrogens with one attached hydrogen (secondary N) is 1. The second-order valence-electron chi connectivity index (χ2n) is 3.36. The fourth-order valence-corrected chi connectivity index (χ4v) is 1.72. The highest BCUT2D eigenvalue weighted by Gasteiger charge is 2.30. The van der Waals surface area contributed by atoms with Crippen LogP contribution in [0.4, 0.5) is 5.69 Å². The van der Waals surface area contributed by atoms with E-state index in [0.29, 0.717) is 5.75 Å². The number of carbonyl (C=O) groups is 1. The van der Waals surface area contributed by atoms with E-state index in [4.69, 9.17) is 10.00 Å². The number of carbonyl (C=O) groups excluding carboxylic acids is 1. The molecule has 1 atom stereocenters. The minimum Gasteiger partial charge on any atom is -0.497 e. The van der Waals surface area contributed by atoms with E-state index in [9.17, 15) is 4.79 Å². The van der Waals surface area contributed by atoms with E-state index in [1.165, 1.54) is 0 Å². The Kier molecular flexibility index (Phi) is 2.30. The maximum absolute atomic E-state index is 11.5. The minimum atomic E-state index is -0.361. The van der Waals surface area contributed by atoms with E-state index in [0.717, 1.165) is 11.3 Å².